The maximum atomic E-state index is 4.68. The molecule has 0 atom stereocenters. The van der Waals surface area contributed by atoms with Gasteiger partial charge in [0.05, 0.1) is 18.8 Å². The Labute approximate surface area is 139 Å². The summed E-state index contributed by atoms with van der Waals surface area (Å²) in [5.41, 5.74) is 5.86. The topological polar surface area (TPSA) is 49.3 Å². The van der Waals surface area contributed by atoms with E-state index in [-0.39, 0.29) is 0 Å². The summed E-state index contributed by atoms with van der Waals surface area (Å²) < 4.78 is 0. The van der Waals surface area contributed by atoms with E-state index in [1.54, 1.807) is 0 Å². The van der Waals surface area contributed by atoms with E-state index in [1.165, 1.54) is 16.7 Å². The smallest absolute Gasteiger partial charge is 0.191 e. The van der Waals surface area contributed by atoms with Crippen LogP contribution in [0, 0.1) is 20.8 Å². The van der Waals surface area contributed by atoms with Gasteiger partial charge in [0.2, 0.25) is 0 Å². The van der Waals surface area contributed by atoms with Crippen molar-refractivity contribution in [1.82, 2.24) is 15.6 Å². The molecule has 2 aromatic rings. The molecular weight excluding hydrogens is 284 g/mol. The van der Waals surface area contributed by atoms with E-state index in [9.17, 15) is 0 Å². The van der Waals surface area contributed by atoms with Crippen LogP contribution in [0.1, 0.15) is 35.0 Å². The summed E-state index contributed by atoms with van der Waals surface area (Å²) in [6, 6.07) is 12.5. The Hall–Kier alpha value is -2.36. The third-order valence-electron chi connectivity index (χ3n) is 3.63. The molecule has 4 nitrogen and oxygen atoms in total. The zero-order valence-corrected chi connectivity index (χ0v) is 14.5. The van der Waals surface area contributed by atoms with E-state index in [0.717, 1.165) is 23.9 Å². The molecule has 1 aromatic heterocycles. The van der Waals surface area contributed by atoms with Crippen LogP contribution in [0.5, 0.6) is 0 Å². The Bertz CT molecular complexity index is 677. The van der Waals surface area contributed by atoms with Crippen LogP contribution in [-0.4, -0.2) is 17.5 Å². The lowest BCUT2D eigenvalue weighted by Gasteiger charge is -2.12. The van der Waals surface area contributed by atoms with E-state index < -0.39 is 0 Å². The maximum absolute atomic E-state index is 4.68. The minimum Gasteiger partial charge on any atom is -0.357 e. The summed E-state index contributed by atoms with van der Waals surface area (Å²) in [5.74, 6) is 0.816. The van der Waals surface area contributed by atoms with Crippen LogP contribution in [0.2, 0.25) is 0 Å². The minimum atomic E-state index is 0.667. The molecule has 0 aliphatic rings. The summed E-state index contributed by atoms with van der Waals surface area (Å²) in [5, 5.41) is 6.62. The number of rotatable bonds is 5. The predicted octanol–water partition coefficient (Wildman–Crippen LogP) is 3.26. The van der Waals surface area contributed by atoms with Gasteiger partial charge in [-0.1, -0.05) is 29.8 Å². The lowest BCUT2D eigenvalue weighted by Crippen LogP contribution is -2.37. The van der Waals surface area contributed by atoms with Gasteiger partial charge in [0, 0.05) is 12.2 Å². The molecule has 0 fully saturated rings. The van der Waals surface area contributed by atoms with Gasteiger partial charge in [-0.15, -0.1) is 0 Å². The normalized spacial score (nSPS) is 11.4. The molecule has 0 radical (unpaired) electrons. The zero-order valence-electron chi connectivity index (χ0n) is 14.5. The molecule has 0 aliphatic carbocycles. The fourth-order valence-electron chi connectivity index (χ4n) is 2.40. The SMILES string of the molecule is CCNC(=NCc1ccc(C)cc1C)NCc1cccc(C)n1. The Kier molecular flexibility index (Phi) is 6.15. The fraction of sp³-hybridized carbons (Fsp3) is 0.368. The van der Waals surface area contributed by atoms with Gasteiger partial charge in [0.25, 0.3) is 0 Å². The number of aliphatic imine (C=N–C) groups is 1. The number of aryl methyl sites for hydroxylation is 3. The minimum absolute atomic E-state index is 0.667. The summed E-state index contributed by atoms with van der Waals surface area (Å²) in [6.45, 7) is 10.5. The first-order chi connectivity index (χ1) is 11.1. The monoisotopic (exact) mass is 310 g/mol. The van der Waals surface area contributed by atoms with Crippen molar-refractivity contribution in [2.24, 2.45) is 4.99 Å². The van der Waals surface area contributed by atoms with Crippen molar-refractivity contribution in [2.75, 3.05) is 6.54 Å². The van der Waals surface area contributed by atoms with Crippen LogP contribution in [0.4, 0.5) is 0 Å². The maximum Gasteiger partial charge on any atom is 0.191 e. The molecule has 4 heteroatoms. The highest BCUT2D eigenvalue weighted by molar-refractivity contribution is 5.79. The van der Waals surface area contributed by atoms with Crippen LogP contribution in [0.3, 0.4) is 0 Å². The van der Waals surface area contributed by atoms with Gasteiger partial charge in [-0.2, -0.15) is 0 Å². The molecule has 122 valence electrons. The molecule has 0 unspecified atom stereocenters. The number of guanidine groups is 1. The van der Waals surface area contributed by atoms with Crippen LogP contribution in [-0.2, 0) is 13.1 Å². The third-order valence-corrected chi connectivity index (χ3v) is 3.63. The number of hydrogen-bond donors (Lipinski definition) is 2. The molecule has 0 bridgehead atoms. The van der Waals surface area contributed by atoms with E-state index in [4.69, 9.17) is 0 Å². The molecule has 1 aromatic carbocycles. The number of nitrogens with zero attached hydrogens (tertiary/aromatic N) is 2. The molecule has 2 rings (SSSR count). The van der Waals surface area contributed by atoms with Crippen molar-refractivity contribution >= 4 is 5.96 Å². The first-order valence-corrected chi connectivity index (χ1v) is 8.09. The second-order valence-electron chi connectivity index (χ2n) is 5.75. The van der Waals surface area contributed by atoms with Gasteiger partial charge >= 0.3 is 0 Å². The van der Waals surface area contributed by atoms with E-state index in [1.807, 2.05) is 25.1 Å². The van der Waals surface area contributed by atoms with Gasteiger partial charge < -0.3 is 10.6 Å². The van der Waals surface area contributed by atoms with Gasteiger partial charge in [-0.3, -0.25) is 4.98 Å². The van der Waals surface area contributed by atoms with Gasteiger partial charge in [-0.25, -0.2) is 4.99 Å². The summed E-state index contributed by atoms with van der Waals surface area (Å²) in [4.78, 5) is 9.18. The standard InChI is InChI=1S/C19H26N4/c1-5-20-19(22-13-18-8-6-7-16(4)23-18)21-12-17-10-9-14(2)11-15(17)3/h6-11H,5,12-13H2,1-4H3,(H2,20,21,22). The molecule has 0 saturated heterocycles. The lowest BCUT2D eigenvalue weighted by atomic mass is 10.1. The molecular formula is C19H26N4. The largest absolute Gasteiger partial charge is 0.357 e. The van der Waals surface area contributed by atoms with Gasteiger partial charge in [0.1, 0.15) is 0 Å². The van der Waals surface area contributed by atoms with Crippen LogP contribution in [0.15, 0.2) is 41.4 Å². The summed E-state index contributed by atoms with van der Waals surface area (Å²) in [7, 11) is 0. The molecule has 0 amide bonds. The molecule has 23 heavy (non-hydrogen) atoms. The van der Waals surface area contributed by atoms with E-state index in [2.05, 4.69) is 59.6 Å². The Balaban J connectivity index is 2.02. The van der Waals surface area contributed by atoms with Gasteiger partial charge in [-0.05, 0) is 51.0 Å². The molecule has 0 saturated carbocycles. The molecule has 2 N–H and O–H groups in total. The van der Waals surface area contributed by atoms with E-state index in [0.29, 0.717) is 13.1 Å². The zero-order chi connectivity index (χ0) is 16.7. The summed E-state index contributed by atoms with van der Waals surface area (Å²) in [6.07, 6.45) is 0. The predicted molar refractivity (Wildman–Crippen MR) is 96.5 cm³/mol. The van der Waals surface area contributed by atoms with Crippen LogP contribution >= 0.6 is 0 Å². The first kappa shape index (κ1) is 17.0. The van der Waals surface area contributed by atoms with Gasteiger partial charge in [0.15, 0.2) is 5.96 Å². The van der Waals surface area contributed by atoms with Crippen molar-refractivity contribution in [3.05, 3.63) is 64.5 Å². The number of pyridine rings is 1. The third kappa shape index (κ3) is 5.40. The van der Waals surface area contributed by atoms with Crippen molar-refractivity contribution in [3.63, 3.8) is 0 Å². The highest BCUT2D eigenvalue weighted by Gasteiger charge is 2.01. The fourth-order valence-corrected chi connectivity index (χ4v) is 2.40. The second kappa shape index (κ2) is 8.32. The van der Waals surface area contributed by atoms with Crippen molar-refractivity contribution in [1.29, 1.82) is 0 Å². The molecule has 0 spiro atoms. The molecule has 1 heterocycles. The average Bonchev–Trinajstić information content (AvgIpc) is 2.51. The number of hydrogen-bond acceptors (Lipinski definition) is 2. The quantitative estimate of drug-likeness (QED) is 0.658. The summed E-state index contributed by atoms with van der Waals surface area (Å²) >= 11 is 0. The first-order valence-electron chi connectivity index (χ1n) is 8.09. The van der Waals surface area contributed by atoms with Crippen LogP contribution < -0.4 is 10.6 Å². The molecule has 0 aliphatic heterocycles. The number of nitrogens with one attached hydrogen (secondary N) is 2. The van der Waals surface area contributed by atoms with Crippen molar-refractivity contribution in [2.45, 2.75) is 40.8 Å². The highest BCUT2D eigenvalue weighted by atomic mass is 15.2. The number of benzene rings is 1. The lowest BCUT2D eigenvalue weighted by molar-refractivity contribution is 0.796. The van der Waals surface area contributed by atoms with E-state index >= 15 is 0 Å². The number of aromatic nitrogens is 1. The highest BCUT2D eigenvalue weighted by Crippen LogP contribution is 2.11. The van der Waals surface area contributed by atoms with Crippen molar-refractivity contribution in [3.8, 4) is 0 Å². The Morgan fingerprint density at radius 2 is 1.91 bits per heavy atom. The second-order valence-corrected chi connectivity index (χ2v) is 5.75. The Morgan fingerprint density at radius 3 is 2.61 bits per heavy atom. The Morgan fingerprint density at radius 1 is 1.09 bits per heavy atom. The average molecular weight is 310 g/mol. The van der Waals surface area contributed by atoms with Crippen LogP contribution in [0.25, 0.3) is 0 Å². The van der Waals surface area contributed by atoms with Crippen molar-refractivity contribution < 1.29 is 0 Å².